The minimum atomic E-state index is -0.684. The number of benzene rings is 2. The molecule has 2 N–H and O–H groups in total. The fourth-order valence-electron chi connectivity index (χ4n) is 1.66. The quantitative estimate of drug-likeness (QED) is 0.679. The van der Waals surface area contributed by atoms with Crippen molar-refractivity contribution >= 4 is 27.8 Å². The van der Waals surface area contributed by atoms with Crippen LogP contribution in [0.25, 0.3) is 0 Å². The molecule has 21 heavy (non-hydrogen) atoms. The van der Waals surface area contributed by atoms with Crippen LogP contribution in [0.3, 0.4) is 0 Å². The Morgan fingerprint density at radius 2 is 1.76 bits per heavy atom. The van der Waals surface area contributed by atoms with Gasteiger partial charge in [-0.2, -0.15) is 0 Å². The van der Waals surface area contributed by atoms with E-state index in [1.807, 2.05) is 0 Å². The van der Waals surface area contributed by atoms with Gasteiger partial charge in [0, 0.05) is 10.5 Å². The first kappa shape index (κ1) is 15.1. The summed E-state index contributed by atoms with van der Waals surface area (Å²) < 4.78 is 11.1. The summed E-state index contributed by atoms with van der Waals surface area (Å²) in [5.41, 5.74) is 5.73. The fourth-order valence-corrected chi connectivity index (χ4v) is 1.93. The van der Waals surface area contributed by atoms with Gasteiger partial charge >= 0.3 is 5.97 Å². The summed E-state index contributed by atoms with van der Waals surface area (Å²) in [5, 5.41) is 0. The third kappa shape index (κ3) is 3.61. The number of nitrogens with two attached hydrogens (primary N) is 1. The lowest BCUT2D eigenvalue weighted by atomic mass is 10.1. The average Bonchev–Trinajstić information content (AvgIpc) is 2.47. The van der Waals surface area contributed by atoms with Crippen molar-refractivity contribution in [3.63, 3.8) is 0 Å². The van der Waals surface area contributed by atoms with E-state index in [1.165, 1.54) is 19.2 Å². The topological polar surface area (TPSA) is 78.6 Å². The van der Waals surface area contributed by atoms with Crippen molar-refractivity contribution in [3.8, 4) is 11.5 Å². The predicted molar refractivity (Wildman–Crippen MR) is 80.6 cm³/mol. The van der Waals surface area contributed by atoms with Crippen LogP contribution in [0.1, 0.15) is 20.7 Å². The number of esters is 1. The lowest BCUT2D eigenvalue weighted by Crippen LogP contribution is -2.16. The Balaban J connectivity index is 2.31. The van der Waals surface area contributed by atoms with Crippen LogP contribution >= 0.6 is 15.9 Å². The summed E-state index contributed by atoms with van der Waals surface area (Å²) in [7, 11) is 1.47. The Labute approximate surface area is 129 Å². The van der Waals surface area contributed by atoms with E-state index < -0.39 is 11.9 Å². The molecule has 0 bridgehead atoms. The minimum Gasteiger partial charge on any atom is -0.497 e. The second-order valence-electron chi connectivity index (χ2n) is 4.12. The molecule has 0 fully saturated rings. The number of ether oxygens (including phenoxy) is 2. The molecule has 0 aliphatic carbocycles. The molecule has 0 saturated heterocycles. The Morgan fingerprint density at radius 1 is 1.10 bits per heavy atom. The first-order valence-electron chi connectivity index (χ1n) is 5.97. The standard InChI is InChI=1S/C15H12BrNO4/c1-20-11-6-7-12(14(17)18)13(8-11)21-15(19)9-2-4-10(16)5-3-9/h2-8H,1H3,(H2,17,18). The molecule has 0 aliphatic heterocycles. The first-order chi connectivity index (χ1) is 10.0. The van der Waals surface area contributed by atoms with Crippen molar-refractivity contribution in [2.24, 2.45) is 5.73 Å². The zero-order chi connectivity index (χ0) is 15.4. The molecular formula is C15H12BrNO4. The van der Waals surface area contributed by atoms with E-state index in [4.69, 9.17) is 15.2 Å². The Morgan fingerprint density at radius 3 is 2.33 bits per heavy atom. The molecule has 0 unspecified atom stereocenters. The van der Waals surface area contributed by atoms with Crippen LogP contribution in [-0.4, -0.2) is 19.0 Å². The Hall–Kier alpha value is -2.34. The van der Waals surface area contributed by atoms with Gasteiger partial charge in [-0.05, 0) is 36.4 Å². The first-order valence-corrected chi connectivity index (χ1v) is 6.76. The highest BCUT2D eigenvalue weighted by atomic mass is 79.9. The van der Waals surface area contributed by atoms with Gasteiger partial charge in [0.05, 0.1) is 18.2 Å². The zero-order valence-electron chi connectivity index (χ0n) is 11.1. The normalized spacial score (nSPS) is 10.0. The molecule has 0 radical (unpaired) electrons. The van der Waals surface area contributed by atoms with Crippen molar-refractivity contribution < 1.29 is 19.1 Å². The summed E-state index contributed by atoms with van der Waals surface area (Å²) in [5.74, 6) is -0.747. The van der Waals surface area contributed by atoms with Crippen molar-refractivity contribution in [3.05, 3.63) is 58.1 Å². The highest BCUT2D eigenvalue weighted by Gasteiger charge is 2.15. The van der Waals surface area contributed by atoms with Gasteiger partial charge < -0.3 is 15.2 Å². The maximum Gasteiger partial charge on any atom is 0.343 e. The lowest BCUT2D eigenvalue weighted by Gasteiger charge is -2.10. The van der Waals surface area contributed by atoms with Gasteiger partial charge in [0.2, 0.25) is 0 Å². The molecule has 108 valence electrons. The van der Waals surface area contributed by atoms with Crippen LogP contribution in [0.4, 0.5) is 0 Å². The molecule has 0 aliphatic rings. The average molecular weight is 350 g/mol. The van der Waals surface area contributed by atoms with E-state index in [2.05, 4.69) is 15.9 Å². The molecule has 2 rings (SSSR count). The van der Waals surface area contributed by atoms with Gasteiger partial charge in [0.15, 0.2) is 0 Å². The molecule has 0 saturated carbocycles. The number of rotatable bonds is 4. The minimum absolute atomic E-state index is 0.0646. The summed E-state index contributed by atoms with van der Waals surface area (Å²) >= 11 is 3.28. The lowest BCUT2D eigenvalue weighted by molar-refractivity contribution is 0.0732. The monoisotopic (exact) mass is 349 g/mol. The Kier molecular flexibility index (Phi) is 4.59. The summed E-state index contributed by atoms with van der Waals surface area (Å²) in [4.78, 5) is 23.4. The van der Waals surface area contributed by atoms with E-state index in [1.54, 1.807) is 30.3 Å². The van der Waals surface area contributed by atoms with Crippen LogP contribution < -0.4 is 15.2 Å². The van der Waals surface area contributed by atoms with Gasteiger partial charge in [-0.3, -0.25) is 4.79 Å². The second kappa shape index (κ2) is 6.41. The largest absolute Gasteiger partial charge is 0.497 e. The third-order valence-corrected chi connectivity index (χ3v) is 3.27. The molecule has 0 heterocycles. The van der Waals surface area contributed by atoms with Gasteiger partial charge in [-0.25, -0.2) is 4.79 Å². The molecule has 1 amide bonds. The van der Waals surface area contributed by atoms with Crippen LogP contribution in [0.2, 0.25) is 0 Å². The molecule has 0 aromatic heterocycles. The molecule has 5 nitrogen and oxygen atoms in total. The molecule has 0 spiro atoms. The van der Waals surface area contributed by atoms with Crippen LogP contribution in [0, 0.1) is 0 Å². The van der Waals surface area contributed by atoms with Crippen LogP contribution in [-0.2, 0) is 0 Å². The van der Waals surface area contributed by atoms with E-state index in [0.717, 1.165) is 4.47 Å². The second-order valence-corrected chi connectivity index (χ2v) is 5.04. The number of primary amides is 1. The van der Waals surface area contributed by atoms with Crippen molar-refractivity contribution in [2.75, 3.05) is 7.11 Å². The van der Waals surface area contributed by atoms with E-state index in [0.29, 0.717) is 11.3 Å². The maximum absolute atomic E-state index is 12.1. The van der Waals surface area contributed by atoms with Gasteiger partial charge in [0.1, 0.15) is 11.5 Å². The SMILES string of the molecule is COc1ccc(C(N)=O)c(OC(=O)c2ccc(Br)cc2)c1. The number of amides is 1. The highest BCUT2D eigenvalue weighted by Crippen LogP contribution is 2.25. The predicted octanol–water partition coefficient (Wildman–Crippen LogP) is 2.78. The zero-order valence-corrected chi connectivity index (χ0v) is 12.7. The molecule has 2 aromatic rings. The number of methoxy groups -OCH3 is 1. The number of carbonyl (C=O) groups is 2. The number of hydrogen-bond donors (Lipinski definition) is 1. The van der Waals surface area contributed by atoms with Crippen molar-refractivity contribution in [2.45, 2.75) is 0 Å². The molecular weight excluding hydrogens is 338 g/mol. The fraction of sp³-hybridized carbons (Fsp3) is 0.0667. The van der Waals surface area contributed by atoms with E-state index in [9.17, 15) is 9.59 Å². The third-order valence-electron chi connectivity index (χ3n) is 2.74. The summed E-state index contributed by atoms with van der Waals surface area (Å²) in [6.07, 6.45) is 0. The number of halogens is 1. The van der Waals surface area contributed by atoms with Gasteiger partial charge in [-0.1, -0.05) is 15.9 Å². The van der Waals surface area contributed by atoms with Crippen LogP contribution in [0.5, 0.6) is 11.5 Å². The molecule has 0 atom stereocenters. The summed E-state index contributed by atoms with van der Waals surface area (Å²) in [6, 6.07) is 11.1. The van der Waals surface area contributed by atoms with E-state index >= 15 is 0 Å². The smallest absolute Gasteiger partial charge is 0.343 e. The number of hydrogen-bond acceptors (Lipinski definition) is 4. The van der Waals surface area contributed by atoms with Crippen LogP contribution in [0.15, 0.2) is 46.9 Å². The summed E-state index contributed by atoms with van der Waals surface area (Å²) in [6.45, 7) is 0. The molecule has 2 aromatic carbocycles. The highest BCUT2D eigenvalue weighted by molar-refractivity contribution is 9.10. The van der Waals surface area contributed by atoms with E-state index in [-0.39, 0.29) is 11.3 Å². The van der Waals surface area contributed by atoms with Crippen molar-refractivity contribution in [1.82, 2.24) is 0 Å². The Bertz CT molecular complexity index is 683. The van der Waals surface area contributed by atoms with Crippen molar-refractivity contribution in [1.29, 1.82) is 0 Å². The van der Waals surface area contributed by atoms with Gasteiger partial charge in [0.25, 0.3) is 5.91 Å². The molecule has 6 heteroatoms. The maximum atomic E-state index is 12.1. The van der Waals surface area contributed by atoms with Gasteiger partial charge in [-0.15, -0.1) is 0 Å². The number of carbonyl (C=O) groups excluding carboxylic acids is 2.